The van der Waals surface area contributed by atoms with E-state index < -0.39 is 0 Å². The molecule has 0 aliphatic carbocycles. The minimum Gasteiger partial charge on any atom is -0.397 e. The van der Waals surface area contributed by atoms with E-state index >= 15 is 0 Å². The highest BCUT2D eigenvalue weighted by Gasteiger charge is 1.99. The zero-order valence-electron chi connectivity index (χ0n) is 5.89. The summed E-state index contributed by atoms with van der Waals surface area (Å²) in [6.45, 7) is 0. The van der Waals surface area contributed by atoms with Gasteiger partial charge in [-0.05, 0) is 6.07 Å². The molecule has 1 radical (unpaired) electrons. The number of anilines is 3. The van der Waals surface area contributed by atoms with E-state index in [9.17, 15) is 0 Å². The van der Waals surface area contributed by atoms with Crippen LogP contribution in [-0.4, -0.2) is 6.34 Å². The first kappa shape index (κ1) is 7.40. The standard InChI is InChI=1S/C7H9N4/c8-4-11-7-5(9)2-1-3-6(7)10/h1-2,4H,9-10H2,(H2,8,11). The number of nitrogens with two attached hydrogens (primary N) is 2. The smallest absolute Gasteiger partial charge is 0.0864 e. The molecule has 0 bridgehead atoms. The van der Waals surface area contributed by atoms with E-state index in [0.717, 1.165) is 6.34 Å². The molecule has 1 aromatic carbocycles. The lowest BCUT2D eigenvalue weighted by Gasteiger charge is -2.06. The van der Waals surface area contributed by atoms with Crippen molar-refractivity contribution in [1.29, 1.82) is 5.41 Å². The topological polar surface area (TPSA) is 87.9 Å². The lowest BCUT2D eigenvalue weighted by atomic mass is 10.2. The van der Waals surface area contributed by atoms with E-state index in [0.29, 0.717) is 17.1 Å². The van der Waals surface area contributed by atoms with Gasteiger partial charge >= 0.3 is 0 Å². The van der Waals surface area contributed by atoms with Gasteiger partial charge in [0, 0.05) is 6.07 Å². The van der Waals surface area contributed by atoms with Crippen LogP contribution in [0, 0.1) is 11.5 Å². The van der Waals surface area contributed by atoms with Crippen LogP contribution in [0.3, 0.4) is 0 Å². The van der Waals surface area contributed by atoms with Crippen LogP contribution in [0.5, 0.6) is 0 Å². The molecule has 4 heteroatoms. The second-order valence-electron chi connectivity index (χ2n) is 2.01. The summed E-state index contributed by atoms with van der Waals surface area (Å²) >= 11 is 0. The highest BCUT2D eigenvalue weighted by atomic mass is 14.9. The maximum atomic E-state index is 6.77. The van der Waals surface area contributed by atoms with E-state index in [1.165, 1.54) is 0 Å². The molecule has 0 unspecified atom stereocenters. The molecule has 0 aromatic heterocycles. The lowest BCUT2D eigenvalue weighted by molar-refractivity contribution is 1.52. The third-order valence-electron chi connectivity index (χ3n) is 1.28. The molecule has 0 saturated heterocycles. The molecule has 0 aliphatic heterocycles. The second kappa shape index (κ2) is 2.92. The van der Waals surface area contributed by atoms with Crippen molar-refractivity contribution >= 4 is 23.4 Å². The van der Waals surface area contributed by atoms with Crippen LogP contribution in [0.2, 0.25) is 0 Å². The summed E-state index contributed by atoms with van der Waals surface area (Å²) in [5.41, 5.74) is 12.5. The van der Waals surface area contributed by atoms with Gasteiger partial charge in [-0.1, -0.05) is 6.07 Å². The first-order valence-electron chi connectivity index (χ1n) is 3.07. The van der Waals surface area contributed by atoms with Gasteiger partial charge in [-0.25, -0.2) is 0 Å². The summed E-state index contributed by atoms with van der Waals surface area (Å²) in [7, 11) is 0. The van der Waals surface area contributed by atoms with Crippen molar-refractivity contribution < 1.29 is 0 Å². The van der Waals surface area contributed by atoms with Crippen molar-refractivity contribution in [2.75, 3.05) is 16.8 Å². The van der Waals surface area contributed by atoms with Crippen LogP contribution in [0.4, 0.5) is 17.1 Å². The number of rotatable bonds is 2. The average Bonchev–Trinajstić information content (AvgIpc) is 1.97. The van der Waals surface area contributed by atoms with Gasteiger partial charge in [0.15, 0.2) is 0 Å². The fourth-order valence-electron chi connectivity index (χ4n) is 0.765. The maximum absolute atomic E-state index is 6.77. The van der Waals surface area contributed by atoms with Crippen LogP contribution >= 0.6 is 0 Å². The first-order chi connectivity index (χ1) is 5.25. The van der Waals surface area contributed by atoms with Crippen molar-refractivity contribution in [3.05, 3.63) is 18.2 Å². The zero-order valence-corrected chi connectivity index (χ0v) is 5.89. The van der Waals surface area contributed by atoms with E-state index in [1.807, 2.05) is 0 Å². The van der Waals surface area contributed by atoms with Gasteiger partial charge in [-0.15, -0.1) is 0 Å². The first-order valence-corrected chi connectivity index (χ1v) is 3.07. The number of hydrogen-bond acceptors (Lipinski definition) is 3. The highest BCUT2D eigenvalue weighted by molar-refractivity contribution is 5.88. The van der Waals surface area contributed by atoms with Gasteiger partial charge < -0.3 is 16.8 Å². The van der Waals surface area contributed by atoms with Crippen molar-refractivity contribution in [2.45, 2.75) is 0 Å². The summed E-state index contributed by atoms with van der Waals surface area (Å²) < 4.78 is 0. The predicted molar refractivity (Wildman–Crippen MR) is 46.5 cm³/mol. The molecule has 0 fully saturated rings. The Morgan fingerprint density at radius 1 is 1.55 bits per heavy atom. The summed E-state index contributed by atoms with van der Waals surface area (Å²) in [6, 6.07) is 6.06. The molecule has 57 valence electrons. The molecule has 0 saturated carbocycles. The van der Waals surface area contributed by atoms with E-state index in [1.54, 1.807) is 12.1 Å². The molecule has 0 aliphatic rings. The third kappa shape index (κ3) is 1.40. The SMILES string of the molecule is N=CNc1c(N)[c]ccc1N. The predicted octanol–water partition coefficient (Wildman–Crippen LogP) is 0.670. The largest absolute Gasteiger partial charge is 0.397 e. The summed E-state index contributed by atoms with van der Waals surface area (Å²) in [5.74, 6) is 0. The molecule has 1 aromatic rings. The van der Waals surface area contributed by atoms with Gasteiger partial charge in [-0.2, -0.15) is 0 Å². The van der Waals surface area contributed by atoms with Crippen molar-refractivity contribution in [3.63, 3.8) is 0 Å². The molecule has 0 amide bonds. The van der Waals surface area contributed by atoms with Gasteiger partial charge in [0.2, 0.25) is 0 Å². The van der Waals surface area contributed by atoms with Crippen LogP contribution in [0.1, 0.15) is 0 Å². The molecule has 11 heavy (non-hydrogen) atoms. The molecular formula is C7H9N4. The van der Waals surface area contributed by atoms with Crippen LogP contribution in [-0.2, 0) is 0 Å². The molecular weight excluding hydrogens is 140 g/mol. The molecule has 4 nitrogen and oxygen atoms in total. The van der Waals surface area contributed by atoms with Crippen molar-refractivity contribution in [1.82, 2.24) is 0 Å². The van der Waals surface area contributed by atoms with E-state index in [-0.39, 0.29) is 0 Å². The number of benzene rings is 1. The number of nitrogens with one attached hydrogen (secondary N) is 2. The summed E-state index contributed by atoms with van der Waals surface area (Å²) in [5, 5.41) is 9.38. The molecule has 0 heterocycles. The normalized spacial score (nSPS) is 9.09. The van der Waals surface area contributed by atoms with Crippen molar-refractivity contribution in [2.24, 2.45) is 0 Å². The Bertz CT molecular complexity index is 249. The number of nitrogen functional groups attached to an aromatic ring is 2. The Labute approximate surface area is 64.7 Å². The minimum atomic E-state index is 0.425. The number of hydrogen-bond donors (Lipinski definition) is 4. The lowest BCUT2D eigenvalue weighted by Crippen LogP contribution is -2.02. The molecule has 0 atom stereocenters. The Morgan fingerprint density at radius 3 is 2.82 bits per heavy atom. The Balaban J connectivity index is 3.09. The summed E-state index contributed by atoms with van der Waals surface area (Å²) in [6.07, 6.45) is 1.02. The molecule has 6 N–H and O–H groups in total. The van der Waals surface area contributed by atoms with Crippen LogP contribution in [0.15, 0.2) is 12.1 Å². The van der Waals surface area contributed by atoms with E-state index in [4.69, 9.17) is 16.9 Å². The summed E-state index contributed by atoms with van der Waals surface area (Å²) in [4.78, 5) is 0. The Hall–Kier alpha value is -1.71. The third-order valence-corrected chi connectivity index (χ3v) is 1.28. The van der Waals surface area contributed by atoms with Crippen LogP contribution < -0.4 is 16.8 Å². The molecule has 0 spiro atoms. The van der Waals surface area contributed by atoms with Gasteiger partial charge in [0.1, 0.15) is 0 Å². The monoisotopic (exact) mass is 149 g/mol. The average molecular weight is 149 g/mol. The van der Waals surface area contributed by atoms with Gasteiger partial charge in [0.05, 0.1) is 23.4 Å². The fraction of sp³-hybridized carbons (Fsp3) is 0. The van der Waals surface area contributed by atoms with Gasteiger partial charge in [-0.3, -0.25) is 5.41 Å². The minimum absolute atomic E-state index is 0.425. The zero-order chi connectivity index (χ0) is 8.27. The highest BCUT2D eigenvalue weighted by Crippen LogP contribution is 2.23. The van der Waals surface area contributed by atoms with Gasteiger partial charge in [0.25, 0.3) is 0 Å². The fourth-order valence-corrected chi connectivity index (χ4v) is 0.765. The van der Waals surface area contributed by atoms with Crippen molar-refractivity contribution in [3.8, 4) is 0 Å². The Morgan fingerprint density at radius 2 is 2.27 bits per heavy atom. The maximum Gasteiger partial charge on any atom is 0.0864 e. The van der Waals surface area contributed by atoms with E-state index in [2.05, 4.69) is 11.4 Å². The Kier molecular flexibility index (Phi) is 1.96. The molecule has 1 rings (SSSR count). The second-order valence-corrected chi connectivity index (χ2v) is 2.01. The quantitative estimate of drug-likeness (QED) is 0.283. The van der Waals surface area contributed by atoms with Crippen LogP contribution in [0.25, 0.3) is 0 Å².